The Morgan fingerprint density at radius 2 is 1.38 bits per heavy atom. The molecule has 0 radical (unpaired) electrons. The molecule has 0 aliphatic heterocycles. The molecule has 2 rings (SSSR count). The maximum absolute atomic E-state index is 12.1. The van der Waals surface area contributed by atoms with Gasteiger partial charge in [-0.25, -0.2) is 4.79 Å². The molecule has 0 heterocycles. The Balaban J connectivity index is 1.91. The maximum atomic E-state index is 12.1. The first kappa shape index (κ1) is 19.5. The molecule has 26 heavy (non-hydrogen) atoms. The van der Waals surface area contributed by atoms with Gasteiger partial charge in [-0.3, -0.25) is 4.79 Å². The van der Waals surface area contributed by atoms with Gasteiger partial charge in [0.15, 0.2) is 0 Å². The van der Waals surface area contributed by atoms with Crippen molar-refractivity contribution >= 4 is 23.3 Å². The van der Waals surface area contributed by atoms with Crippen molar-refractivity contribution < 1.29 is 9.59 Å². The predicted octanol–water partition coefficient (Wildman–Crippen LogP) is 3.49. The Hall–Kier alpha value is -2.86. The molecule has 2 aromatic rings. The van der Waals surface area contributed by atoms with Crippen LogP contribution in [0.5, 0.6) is 0 Å². The summed E-state index contributed by atoms with van der Waals surface area (Å²) >= 11 is 0. The number of carbonyl (C=O) groups is 2. The van der Waals surface area contributed by atoms with Crippen LogP contribution in [0, 0.1) is 5.92 Å². The molecule has 0 saturated carbocycles. The summed E-state index contributed by atoms with van der Waals surface area (Å²) in [6.45, 7) is 5.72. The predicted molar refractivity (Wildman–Crippen MR) is 105 cm³/mol. The molecule has 2 atom stereocenters. The van der Waals surface area contributed by atoms with Gasteiger partial charge in [-0.05, 0) is 42.7 Å². The van der Waals surface area contributed by atoms with Gasteiger partial charge in [-0.2, -0.15) is 0 Å². The zero-order chi connectivity index (χ0) is 19.1. The second-order valence-corrected chi connectivity index (χ2v) is 6.57. The molecule has 6 heteroatoms. The standard InChI is InChI=1S/C20H26N4O2/c1-13(2)18(21)19(25)22-14(3)15-9-11-17(12-10-15)24-20(26)23-16-7-5-4-6-8-16/h4-14,18H,21H2,1-3H3,(H,22,25)(H2,23,24,26)/t14?,18-/m0/s1. The highest BCUT2D eigenvalue weighted by Crippen LogP contribution is 2.17. The van der Waals surface area contributed by atoms with Crippen LogP contribution in [0.25, 0.3) is 0 Å². The van der Waals surface area contributed by atoms with E-state index in [1.54, 1.807) is 12.1 Å². The van der Waals surface area contributed by atoms with Crippen LogP contribution in [0.15, 0.2) is 54.6 Å². The Labute approximate surface area is 154 Å². The van der Waals surface area contributed by atoms with E-state index in [4.69, 9.17) is 5.73 Å². The zero-order valence-corrected chi connectivity index (χ0v) is 15.3. The topological polar surface area (TPSA) is 96.2 Å². The fourth-order valence-electron chi connectivity index (χ4n) is 2.37. The number of benzene rings is 2. The van der Waals surface area contributed by atoms with E-state index in [-0.39, 0.29) is 23.9 Å². The molecule has 1 unspecified atom stereocenters. The van der Waals surface area contributed by atoms with Crippen LogP contribution in [0.4, 0.5) is 16.2 Å². The Morgan fingerprint density at radius 3 is 1.92 bits per heavy atom. The van der Waals surface area contributed by atoms with Crippen LogP contribution < -0.4 is 21.7 Å². The molecule has 0 bridgehead atoms. The second kappa shape index (κ2) is 9.01. The Bertz CT molecular complexity index is 729. The lowest BCUT2D eigenvalue weighted by molar-refractivity contribution is -0.123. The number of carbonyl (C=O) groups excluding carboxylic acids is 2. The number of hydrogen-bond donors (Lipinski definition) is 4. The van der Waals surface area contributed by atoms with Gasteiger partial charge >= 0.3 is 6.03 Å². The van der Waals surface area contributed by atoms with Gasteiger partial charge < -0.3 is 21.7 Å². The average Bonchev–Trinajstić information content (AvgIpc) is 2.62. The number of rotatable bonds is 6. The van der Waals surface area contributed by atoms with Crippen LogP contribution in [0.2, 0.25) is 0 Å². The van der Waals surface area contributed by atoms with Crippen molar-refractivity contribution in [3.63, 3.8) is 0 Å². The minimum Gasteiger partial charge on any atom is -0.348 e. The minimum absolute atomic E-state index is 0.0805. The zero-order valence-electron chi connectivity index (χ0n) is 15.3. The number of nitrogens with two attached hydrogens (primary N) is 1. The van der Waals surface area contributed by atoms with E-state index in [1.165, 1.54) is 0 Å². The van der Waals surface area contributed by atoms with E-state index in [0.717, 1.165) is 11.3 Å². The van der Waals surface area contributed by atoms with Crippen LogP contribution in [-0.4, -0.2) is 18.0 Å². The van der Waals surface area contributed by atoms with Gasteiger partial charge in [0.05, 0.1) is 12.1 Å². The largest absolute Gasteiger partial charge is 0.348 e. The molecule has 0 aliphatic rings. The monoisotopic (exact) mass is 354 g/mol. The number of amides is 3. The highest BCUT2D eigenvalue weighted by molar-refractivity contribution is 5.99. The first-order valence-corrected chi connectivity index (χ1v) is 8.66. The number of hydrogen-bond acceptors (Lipinski definition) is 3. The second-order valence-electron chi connectivity index (χ2n) is 6.57. The Kier molecular flexibility index (Phi) is 6.74. The van der Waals surface area contributed by atoms with Gasteiger partial charge in [0.1, 0.15) is 0 Å². The molecule has 0 saturated heterocycles. The first-order valence-electron chi connectivity index (χ1n) is 8.66. The average molecular weight is 354 g/mol. The molecular formula is C20H26N4O2. The lowest BCUT2D eigenvalue weighted by Crippen LogP contribution is -2.44. The number of urea groups is 1. The summed E-state index contributed by atoms with van der Waals surface area (Å²) in [5.74, 6) is -0.0890. The van der Waals surface area contributed by atoms with Gasteiger partial charge in [-0.15, -0.1) is 0 Å². The molecule has 3 amide bonds. The third-order valence-corrected chi connectivity index (χ3v) is 4.08. The van der Waals surface area contributed by atoms with Gasteiger partial charge in [0.2, 0.25) is 5.91 Å². The van der Waals surface area contributed by atoms with E-state index in [9.17, 15) is 9.59 Å². The summed E-state index contributed by atoms with van der Waals surface area (Å²) in [5, 5.41) is 8.44. The quantitative estimate of drug-likeness (QED) is 0.639. The van der Waals surface area contributed by atoms with E-state index < -0.39 is 6.04 Å². The summed E-state index contributed by atoms with van der Waals surface area (Å²) in [6, 6.07) is 15.5. The van der Waals surface area contributed by atoms with Crippen molar-refractivity contribution in [1.82, 2.24) is 5.32 Å². The van der Waals surface area contributed by atoms with E-state index in [1.807, 2.05) is 63.2 Å². The molecule has 5 N–H and O–H groups in total. The summed E-state index contributed by atoms with van der Waals surface area (Å²) in [4.78, 5) is 24.0. The summed E-state index contributed by atoms with van der Waals surface area (Å²) in [7, 11) is 0. The van der Waals surface area contributed by atoms with Crippen LogP contribution in [0.3, 0.4) is 0 Å². The normalized spacial score (nSPS) is 13.0. The fourth-order valence-corrected chi connectivity index (χ4v) is 2.37. The summed E-state index contributed by atoms with van der Waals surface area (Å²) in [6.07, 6.45) is 0. The molecule has 2 aromatic carbocycles. The van der Waals surface area contributed by atoms with Crippen molar-refractivity contribution in [3.8, 4) is 0 Å². The third kappa shape index (κ3) is 5.60. The lowest BCUT2D eigenvalue weighted by Gasteiger charge is -2.20. The SMILES string of the molecule is CC(NC(=O)[C@@H](N)C(C)C)c1ccc(NC(=O)Nc2ccccc2)cc1. The summed E-state index contributed by atoms with van der Waals surface area (Å²) < 4.78 is 0. The minimum atomic E-state index is -0.528. The highest BCUT2D eigenvalue weighted by atomic mass is 16.2. The third-order valence-electron chi connectivity index (χ3n) is 4.08. The Morgan fingerprint density at radius 1 is 0.846 bits per heavy atom. The maximum Gasteiger partial charge on any atom is 0.323 e. The van der Waals surface area contributed by atoms with E-state index >= 15 is 0 Å². The highest BCUT2D eigenvalue weighted by Gasteiger charge is 2.19. The van der Waals surface area contributed by atoms with Crippen LogP contribution in [0.1, 0.15) is 32.4 Å². The fraction of sp³-hybridized carbons (Fsp3) is 0.300. The van der Waals surface area contributed by atoms with Crippen LogP contribution in [-0.2, 0) is 4.79 Å². The molecule has 0 fully saturated rings. The molecule has 0 aliphatic carbocycles. The van der Waals surface area contributed by atoms with E-state index in [0.29, 0.717) is 5.69 Å². The number of para-hydroxylation sites is 1. The van der Waals surface area contributed by atoms with Crippen molar-refractivity contribution in [3.05, 3.63) is 60.2 Å². The van der Waals surface area contributed by atoms with Gasteiger partial charge in [0, 0.05) is 11.4 Å². The molecule has 138 valence electrons. The van der Waals surface area contributed by atoms with Gasteiger partial charge in [0.25, 0.3) is 0 Å². The van der Waals surface area contributed by atoms with Crippen molar-refractivity contribution in [2.24, 2.45) is 11.7 Å². The van der Waals surface area contributed by atoms with Crippen molar-refractivity contribution in [1.29, 1.82) is 0 Å². The molecule has 6 nitrogen and oxygen atoms in total. The van der Waals surface area contributed by atoms with E-state index in [2.05, 4.69) is 16.0 Å². The van der Waals surface area contributed by atoms with Crippen LogP contribution >= 0.6 is 0 Å². The number of anilines is 2. The molecular weight excluding hydrogens is 328 g/mol. The van der Waals surface area contributed by atoms with Gasteiger partial charge in [-0.1, -0.05) is 44.2 Å². The van der Waals surface area contributed by atoms with Crippen molar-refractivity contribution in [2.45, 2.75) is 32.9 Å². The van der Waals surface area contributed by atoms with Crippen molar-refractivity contribution in [2.75, 3.05) is 10.6 Å². The first-order chi connectivity index (χ1) is 12.4. The summed E-state index contributed by atoms with van der Waals surface area (Å²) in [5.41, 5.74) is 8.18. The molecule has 0 spiro atoms. The lowest BCUT2D eigenvalue weighted by atomic mass is 10.0. The molecule has 0 aromatic heterocycles. The smallest absolute Gasteiger partial charge is 0.323 e. The number of nitrogens with one attached hydrogen (secondary N) is 3.